The van der Waals surface area contributed by atoms with Crippen LogP contribution in [0.5, 0.6) is 0 Å². The molecule has 1 aliphatic rings. The highest BCUT2D eigenvalue weighted by molar-refractivity contribution is 5.70. The van der Waals surface area contributed by atoms with Crippen molar-refractivity contribution in [3.05, 3.63) is 71.3 Å². The van der Waals surface area contributed by atoms with E-state index in [-0.39, 0.29) is 12.6 Å². The lowest BCUT2D eigenvalue weighted by atomic mass is 9.99. The number of hydrogen-bond acceptors (Lipinski definition) is 3. The van der Waals surface area contributed by atoms with E-state index in [0.717, 1.165) is 5.56 Å². The first-order valence-corrected chi connectivity index (χ1v) is 8.82. The molecule has 1 fully saturated rings. The van der Waals surface area contributed by atoms with Crippen molar-refractivity contribution in [3.63, 3.8) is 0 Å². The van der Waals surface area contributed by atoms with Crippen molar-refractivity contribution >= 4 is 6.09 Å². The fourth-order valence-electron chi connectivity index (χ4n) is 3.13. The standard InChI is InChI=1S/C20H18F5NO3/c21-15-7-14(8-16(22)9-15)18(20(23,24)25)11-28-12-26-17(10-29-19(26)27)6-13-4-2-1-3-5-13/h1-5,7-9,17-18H,6,10-12H2/t17-,18-/m0/s1. The normalized spacial score (nSPS) is 18.0. The Bertz CT molecular complexity index is 824. The van der Waals surface area contributed by atoms with E-state index in [4.69, 9.17) is 9.47 Å². The van der Waals surface area contributed by atoms with Gasteiger partial charge >= 0.3 is 12.3 Å². The number of rotatable bonds is 7. The molecule has 0 aliphatic carbocycles. The first kappa shape index (κ1) is 21.0. The van der Waals surface area contributed by atoms with Gasteiger partial charge < -0.3 is 9.47 Å². The van der Waals surface area contributed by atoms with Crippen molar-refractivity contribution in [1.29, 1.82) is 0 Å². The van der Waals surface area contributed by atoms with Crippen LogP contribution in [0.4, 0.5) is 26.7 Å². The number of carbonyl (C=O) groups excluding carboxylic acids is 1. The van der Waals surface area contributed by atoms with Crippen LogP contribution in [0.1, 0.15) is 17.0 Å². The lowest BCUT2D eigenvalue weighted by molar-refractivity contribution is -0.165. The van der Waals surface area contributed by atoms with E-state index in [9.17, 15) is 26.7 Å². The molecule has 9 heteroatoms. The summed E-state index contributed by atoms with van der Waals surface area (Å²) in [6.45, 7) is -1.23. The number of carbonyl (C=O) groups is 1. The van der Waals surface area contributed by atoms with Gasteiger partial charge in [-0.05, 0) is 29.7 Å². The van der Waals surface area contributed by atoms with Gasteiger partial charge in [-0.15, -0.1) is 0 Å². The molecule has 2 atom stereocenters. The van der Waals surface area contributed by atoms with Crippen molar-refractivity contribution in [2.24, 2.45) is 0 Å². The van der Waals surface area contributed by atoms with Gasteiger partial charge in [-0.2, -0.15) is 13.2 Å². The van der Waals surface area contributed by atoms with Gasteiger partial charge in [-0.3, -0.25) is 4.90 Å². The SMILES string of the molecule is O=C1OC[C@H](Cc2ccccc2)N1COC[C@@H](c1cc(F)cc(F)c1)C(F)(F)F. The fourth-order valence-corrected chi connectivity index (χ4v) is 3.13. The molecule has 3 rings (SSSR count). The Balaban J connectivity index is 1.65. The first-order valence-electron chi connectivity index (χ1n) is 8.82. The highest BCUT2D eigenvalue weighted by atomic mass is 19.4. The maximum absolute atomic E-state index is 13.4. The largest absolute Gasteiger partial charge is 0.447 e. The quantitative estimate of drug-likeness (QED) is 0.618. The van der Waals surface area contributed by atoms with Crippen LogP contribution in [0, 0.1) is 11.6 Å². The second-order valence-electron chi connectivity index (χ2n) is 6.69. The molecule has 1 heterocycles. The Morgan fingerprint density at radius 3 is 2.38 bits per heavy atom. The minimum absolute atomic E-state index is 0.0922. The van der Waals surface area contributed by atoms with Crippen LogP contribution in [0.25, 0.3) is 0 Å². The first-order chi connectivity index (χ1) is 13.7. The highest BCUT2D eigenvalue weighted by Crippen LogP contribution is 2.35. The lowest BCUT2D eigenvalue weighted by Gasteiger charge is -2.24. The van der Waals surface area contributed by atoms with E-state index >= 15 is 0 Å². The van der Waals surface area contributed by atoms with E-state index in [1.807, 2.05) is 30.3 Å². The molecule has 0 spiro atoms. The number of hydrogen-bond donors (Lipinski definition) is 0. The molecule has 156 valence electrons. The van der Waals surface area contributed by atoms with Crippen LogP contribution in [0.15, 0.2) is 48.5 Å². The van der Waals surface area contributed by atoms with Crippen LogP contribution in [-0.4, -0.2) is 43.2 Å². The molecule has 4 nitrogen and oxygen atoms in total. The molecule has 0 radical (unpaired) electrons. The van der Waals surface area contributed by atoms with Crippen molar-refractivity contribution < 1.29 is 36.2 Å². The highest BCUT2D eigenvalue weighted by Gasteiger charge is 2.42. The van der Waals surface area contributed by atoms with E-state index in [2.05, 4.69) is 0 Å². The van der Waals surface area contributed by atoms with Gasteiger partial charge in [-0.1, -0.05) is 30.3 Å². The Morgan fingerprint density at radius 1 is 1.10 bits per heavy atom. The van der Waals surface area contributed by atoms with Gasteiger partial charge in [0.2, 0.25) is 0 Å². The number of nitrogens with zero attached hydrogens (tertiary/aromatic N) is 1. The Morgan fingerprint density at radius 2 is 1.76 bits per heavy atom. The second-order valence-corrected chi connectivity index (χ2v) is 6.69. The monoisotopic (exact) mass is 415 g/mol. The summed E-state index contributed by atoms with van der Waals surface area (Å²) < 4.78 is 76.9. The van der Waals surface area contributed by atoms with E-state index in [0.29, 0.717) is 24.6 Å². The minimum Gasteiger partial charge on any atom is -0.447 e. The fraction of sp³-hybridized carbons (Fsp3) is 0.350. The molecule has 2 aromatic carbocycles. The summed E-state index contributed by atoms with van der Waals surface area (Å²) in [5, 5.41) is 0. The van der Waals surface area contributed by atoms with E-state index < -0.39 is 48.7 Å². The molecule has 1 amide bonds. The average molecular weight is 415 g/mol. The molecule has 0 aromatic heterocycles. The number of alkyl halides is 3. The van der Waals surface area contributed by atoms with Crippen LogP contribution >= 0.6 is 0 Å². The Kier molecular flexibility index (Phi) is 6.36. The Hall–Kier alpha value is -2.68. The molecular formula is C20H18F5NO3. The van der Waals surface area contributed by atoms with Crippen LogP contribution in [0.3, 0.4) is 0 Å². The zero-order valence-corrected chi connectivity index (χ0v) is 15.2. The summed E-state index contributed by atoms with van der Waals surface area (Å²) in [4.78, 5) is 13.1. The van der Waals surface area contributed by atoms with Crippen LogP contribution in [0.2, 0.25) is 0 Å². The van der Waals surface area contributed by atoms with E-state index in [1.165, 1.54) is 4.90 Å². The van der Waals surface area contributed by atoms with Crippen molar-refractivity contribution in [1.82, 2.24) is 4.90 Å². The van der Waals surface area contributed by atoms with Gasteiger partial charge in [-0.25, -0.2) is 13.6 Å². The molecule has 0 N–H and O–H groups in total. The average Bonchev–Trinajstić information content (AvgIpc) is 2.97. The maximum atomic E-state index is 13.4. The topological polar surface area (TPSA) is 38.8 Å². The van der Waals surface area contributed by atoms with E-state index in [1.54, 1.807) is 0 Å². The molecule has 0 unspecified atom stereocenters. The molecule has 2 aromatic rings. The van der Waals surface area contributed by atoms with Crippen molar-refractivity contribution in [2.45, 2.75) is 24.6 Å². The van der Waals surface area contributed by atoms with Gasteiger partial charge in [0.15, 0.2) is 0 Å². The number of cyclic esters (lactones) is 1. The molecule has 1 saturated heterocycles. The van der Waals surface area contributed by atoms with Crippen LogP contribution < -0.4 is 0 Å². The lowest BCUT2D eigenvalue weighted by Crippen LogP contribution is -2.38. The Labute approximate surface area is 163 Å². The number of ether oxygens (including phenoxy) is 2. The summed E-state index contributed by atoms with van der Waals surface area (Å²) in [7, 11) is 0. The van der Waals surface area contributed by atoms with Gasteiger partial charge in [0.25, 0.3) is 0 Å². The summed E-state index contributed by atoms with van der Waals surface area (Å²) in [5.41, 5.74) is 0.351. The minimum atomic E-state index is -4.78. The number of benzene rings is 2. The van der Waals surface area contributed by atoms with Gasteiger partial charge in [0, 0.05) is 6.07 Å². The summed E-state index contributed by atoms with van der Waals surface area (Å²) in [6.07, 6.45) is -5.02. The van der Waals surface area contributed by atoms with Gasteiger partial charge in [0.05, 0.1) is 12.6 Å². The van der Waals surface area contributed by atoms with Crippen LogP contribution in [-0.2, 0) is 15.9 Å². The zero-order valence-electron chi connectivity index (χ0n) is 15.2. The summed E-state index contributed by atoms with van der Waals surface area (Å²) in [5.74, 6) is -4.46. The third kappa shape index (κ3) is 5.44. The molecule has 0 bridgehead atoms. The maximum Gasteiger partial charge on any atom is 0.412 e. The summed E-state index contributed by atoms with van der Waals surface area (Å²) >= 11 is 0. The molecule has 1 aliphatic heterocycles. The smallest absolute Gasteiger partial charge is 0.412 e. The van der Waals surface area contributed by atoms with Crippen molar-refractivity contribution in [3.8, 4) is 0 Å². The number of amides is 1. The third-order valence-electron chi connectivity index (χ3n) is 4.59. The predicted octanol–water partition coefficient (Wildman–Crippen LogP) is 4.65. The second kappa shape index (κ2) is 8.77. The zero-order chi connectivity index (χ0) is 21.0. The molecular weight excluding hydrogens is 397 g/mol. The molecule has 29 heavy (non-hydrogen) atoms. The third-order valence-corrected chi connectivity index (χ3v) is 4.59. The molecule has 0 saturated carbocycles. The van der Waals surface area contributed by atoms with Crippen molar-refractivity contribution in [2.75, 3.05) is 19.9 Å². The van der Waals surface area contributed by atoms with Gasteiger partial charge in [0.1, 0.15) is 30.9 Å². The predicted molar refractivity (Wildman–Crippen MR) is 93.1 cm³/mol. The number of halogens is 5. The summed E-state index contributed by atoms with van der Waals surface area (Å²) in [6, 6.07) is 10.6.